The first-order valence-electron chi connectivity index (χ1n) is 4.74. The van der Waals surface area contributed by atoms with Gasteiger partial charge in [-0.2, -0.15) is 5.10 Å². The molecule has 74 valence electrons. The Labute approximate surface area is 82.3 Å². The van der Waals surface area contributed by atoms with Gasteiger partial charge >= 0.3 is 0 Å². The van der Waals surface area contributed by atoms with Crippen molar-refractivity contribution in [3.05, 3.63) is 30.0 Å². The molecule has 2 rings (SSSR count). The fraction of sp³-hybridized carbons (Fsp3) is 0.364. The number of benzene rings is 1. The maximum atomic E-state index is 12.4. The molecule has 1 aromatic heterocycles. The molecule has 2 aromatic rings. The monoisotopic (exact) mass is 192 g/mol. The van der Waals surface area contributed by atoms with Crippen LogP contribution in [0, 0.1) is 0 Å². The highest BCUT2D eigenvalue weighted by Gasteiger charge is 2.07. The lowest BCUT2D eigenvalue weighted by molar-refractivity contribution is 0.351. The Morgan fingerprint density at radius 3 is 2.86 bits per heavy atom. The van der Waals surface area contributed by atoms with Gasteiger partial charge in [-0.3, -0.25) is 0 Å². The molecular formula is C11H13FN2. The van der Waals surface area contributed by atoms with Crippen LogP contribution in [0.25, 0.3) is 10.9 Å². The van der Waals surface area contributed by atoms with Crippen molar-refractivity contribution in [2.75, 3.05) is 0 Å². The minimum atomic E-state index is -0.563. The predicted molar refractivity (Wildman–Crippen MR) is 54.9 cm³/mol. The van der Waals surface area contributed by atoms with Gasteiger partial charge in [0.25, 0.3) is 0 Å². The van der Waals surface area contributed by atoms with E-state index >= 15 is 0 Å². The third kappa shape index (κ3) is 1.39. The van der Waals surface area contributed by atoms with Crippen molar-refractivity contribution in [2.24, 2.45) is 0 Å². The average Bonchev–Trinajstić information content (AvgIpc) is 2.59. The summed E-state index contributed by atoms with van der Waals surface area (Å²) in [6, 6.07) is 5.94. The number of alkyl halides is 1. The Bertz CT molecular complexity index is 445. The van der Waals surface area contributed by atoms with E-state index in [0.717, 1.165) is 10.9 Å². The number of fused-ring (bicyclic) bond motifs is 1. The van der Waals surface area contributed by atoms with Gasteiger partial charge in [0.2, 0.25) is 0 Å². The standard InChI is InChI=1S/C11H13FN2/c1-8(2)9-4-3-5-11-10(9)6-14(7-12)13-11/h3-6,8H,7H2,1-2H3. The number of hydrogen-bond acceptors (Lipinski definition) is 1. The number of rotatable bonds is 2. The van der Waals surface area contributed by atoms with Crippen LogP contribution >= 0.6 is 0 Å². The van der Waals surface area contributed by atoms with E-state index in [4.69, 9.17) is 0 Å². The first-order valence-corrected chi connectivity index (χ1v) is 4.74. The van der Waals surface area contributed by atoms with E-state index in [1.54, 1.807) is 6.20 Å². The summed E-state index contributed by atoms with van der Waals surface area (Å²) in [7, 11) is 0. The number of hydrogen-bond donors (Lipinski definition) is 0. The molecule has 3 heteroatoms. The summed E-state index contributed by atoms with van der Waals surface area (Å²) in [5.41, 5.74) is 2.09. The summed E-state index contributed by atoms with van der Waals surface area (Å²) in [6.45, 7) is 3.69. The first kappa shape index (κ1) is 9.19. The molecule has 0 aliphatic rings. The van der Waals surface area contributed by atoms with Gasteiger partial charge in [-0.1, -0.05) is 26.0 Å². The normalized spacial score (nSPS) is 11.4. The van der Waals surface area contributed by atoms with Crippen LogP contribution in [0.2, 0.25) is 0 Å². The van der Waals surface area contributed by atoms with Crippen LogP contribution in [0.5, 0.6) is 0 Å². The average molecular weight is 192 g/mol. The molecule has 0 saturated carbocycles. The van der Waals surface area contributed by atoms with Gasteiger partial charge in [-0.15, -0.1) is 0 Å². The van der Waals surface area contributed by atoms with Crippen molar-refractivity contribution in [1.29, 1.82) is 0 Å². The molecule has 2 nitrogen and oxygen atoms in total. The second kappa shape index (κ2) is 3.40. The van der Waals surface area contributed by atoms with E-state index in [-0.39, 0.29) is 0 Å². The summed E-state index contributed by atoms with van der Waals surface area (Å²) in [4.78, 5) is 0. The van der Waals surface area contributed by atoms with Crippen LogP contribution < -0.4 is 0 Å². The third-order valence-electron chi connectivity index (χ3n) is 2.38. The zero-order chi connectivity index (χ0) is 10.1. The fourth-order valence-corrected chi connectivity index (χ4v) is 1.68. The van der Waals surface area contributed by atoms with Crippen LogP contribution in [0.3, 0.4) is 0 Å². The van der Waals surface area contributed by atoms with Crippen molar-refractivity contribution in [1.82, 2.24) is 9.78 Å². The summed E-state index contributed by atoms with van der Waals surface area (Å²) in [5, 5.41) is 5.17. The Hall–Kier alpha value is -1.38. The van der Waals surface area contributed by atoms with Gasteiger partial charge in [0.15, 0.2) is 6.80 Å². The first-order chi connectivity index (χ1) is 6.72. The largest absolute Gasteiger partial charge is 0.241 e. The van der Waals surface area contributed by atoms with Crippen LogP contribution in [-0.2, 0) is 6.80 Å². The zero-order valence-corrected chi connectivity index (χ0v) is 8.37. The van der Waals surface area contributed by atoms with E-state index in [9.17, 15) is 4.39 Å². The van der Waals surface area contributed by atoms with E-state index in [1.807, 2.05) is 12.1 Å². The lowest BCUT2D eigenvalue weighted by Gasteiger charge is -2.04. The van der Waals surface area contributed by atoms with E-state index in [2.05, 4.69) is 25.0 Å². The second-order valence-electron chi connectivity index (χ2n) is 3.72. The minimum absolute atomic E-state index is 0.441. The molecule has 0 amide bonds. The highest BCUT2D eigenvalue weighted by Crippen LogP contribution is 2.24. The van der Waals surface area contributed by atoms with Crippen LogP contribution in [0.1, 0.15) is 25.3 Å². The highest BCUT2D eigenvalue weighted by atomic mass is 19.1. The van der Waals surface area contributed by atoms with Gasteiger partial charge in [0.1, 0.15) is 0 Å². The van der Waals surface area contributed by atoms with Gasteiger partial charge in [-0.05, 0) is 17.5 Å². The van der Waals surface area contributed by atoms with Crippen LogP contribution in [-0.4, -0.2) is 9.78 Å². The topological polar surface area (TPSA) is 17.8 Å². The van der Waals surface area contributed by atoms with Crippen molar-refractivity contribution in [2.45, 2.75) is 26.6 Å². The van der Waals surface area contributed by atoms with Gasteiger partial charge in [0.05, 0.1) is 5.52 Å². The molecule has 1 heterocycles. The molecular weight excluding hydrogens is 179 g/mol. The van der Waals surface area contributed by atoms with Crippen molar-refractivity contribution >= 4 is 10.9 Å². The maximum absolute atomic E-state index is 12.4. The fourth-order valence-electron chi connectivity index (χ4n) is 1.68. The van der Waals surface area contributed by atoms with Gasteiger partial charge in [0, 0.05) is 11.6 Å². The maximum Gasteiger partial charge on any atom is 0.181 e. The van der Waals surface area contributed by atoms with Gasteiger partial charge < -0.3 is 0 Å². The number of nitrogens with zero attached hydrogens (tertiary/aromatic N) is 2. The summed E-state index contributed by atoms with van der Waals surface area (Å²) in [6.07, 6.45) is 1.77. The molecule has 0 aliphatic heterocycles. The quantitative estimate of drug-likeness (QED) is 0.715. The number of aromatic nitrogens is 2. The second-order valence-corrected chi connectivity index (χ2v) is 3.72. The predicted octanol–water partition coefficient (Wildman–Crippen LogP) is 3.09. The molecule has 1 aromatic carbocycles. The zero-order valence-electron chi connectivity index (χ0n) is 8.37. The molecule has 0 radical (unpaired) electrons. The third-order valence-corrected chi connectivity index (χ3v) is 2.38. The van der Waals surface area contributed by atoms with E-state index < -0.39 is 6.80 Å². The Morgan fingerprint density at radius 1 is 1.43 bits per heavy atom. The van der Waals surface area contributed by atoms with E-state index in [1.165, 1.54) is 10.2 Å². The summed E-state index contributed by atoms with van der Waals surface area (Å²) >= 11 is 0. The molecule has 0 spiro atoms. The van der Waals surface area contributed by atoms with E-state index in [0.29, 0.717) is 5.92 Å². The molecule has 0 unspecified atom stereocenters. The van der Waals surface area contributed by atoms with Crippen LogP contribution in [0.15, 0.2) is 24.4 Å². The summed E-state index contributed by atoms with van der Waals surface area (Å²) in [5.74, 6) is 0.441. The van der Waals surface area contributed by atoms with Crippen molar-refractivity contribution < 1.29 is 4.39 Å². The molecule has 0 bridgehead atoms. The smallest absolute Gasteiger partial charge is 0.181 e. The highest BCUT2D eigenvalue weighted by molar-refractivity contribution is 5.82. The molecule has 0 N–H and O–H groups in total. The molecule has 0 aliphatic carbocycles. The van der Waals surface area contributed by atoms with Gasteiger partial charge in [-0.25, -0.2) is 9.07 Å². The van der Waals surface area contributed by atoms with Crippen LogP contribution in [0.4, 0.5) is 4.39 Å². The minimum Gasteiger partial charge on any atom is -0.241 e. The van der Waals surface area contributed by atoms with Crippen molar-refractivity contribution in [3.8, 4) is 0 Å². The lowest BCUT2D eigenvalue weighted by Crippen LogP contribution is -1.91. The SMILES string of the molecule is CC(C)c1cccc2nn(CF)cc12. The molecule has 0 atom stereocenters. The molecule has 0 fully saturated rings. The lowest BCUT2D eigenvalue weighted by atomic mass is 10.00. The Kier molecular flexibility index (Phi) is 2.23. The Balaban J connectivity index is 2.66. The number of halogens is 1. The molecule has 0 saturated heterocycles. The Morgan fingerprint density at radius 2 is 2.21 bits per heavy atom. The molecule has 14 heavy (non-hydrogen) atoms. The summed E-state index contributed by atoms with van der Waals surface area (Å²) < 4.78 is 13.7. The van der Waals surface area contributed by atoms with Crippen molar-refractivity contribution in [3.63, 3.8) is 0 Å².